The van der Waals surface area contributed by atoms with Crippen LogP contribution in [0.5, 0.6) is 0 Å². The lowest BCUT2D eigenvalue weighted by atomic mass is 10.2. The maximum absolute atomic E-state index is 10.6. The summed E-state index contributed by atoms with van der Waals surface area (Å²) in [7, 11) is 0. The maximum atomic E-state index is 10.6. The van der Waals surface area contributed by atoms with Gasteiger partial charge in [-0.25, -0.2) is 0 Å². The lowest BCUT2D eigenvalue weighted by molar-refractivity contribution is -0.119. The first-order valence-corrected chi connectivity index (χ1v) is 4.78. The van der Waals surface area contributed by atoms with E-state index in [0.717, 1.165) is 6.42 Å². The van der Waals surface area contributed by atoms with Gasteiger partial charge >= 0.3 is 0 Å². The van der Waals surface area contributed by atoms with Crippen LogP contribution in [0, 0.1) is 0 Å². The number of hydrogen-bond donors (Lipinski definition) is 1. The highest BCUT2D eigenvalue weighted by Gasteiger charge is 2.19. The molecule has 0 aromatic heterocycles. The van der Waals surface area contributed by atoms with Crippen LogP contribution in [-0.2, 0) is 15.9 Å². The monoisotopic (exact) mass is 176 g/mol. The van der Waals surface area contributed by atoms with Crippen molar-refractivity contribution in [1.82, 2.24) is 5.32 Å². The van der Waals surface area contributed by atoms with Crippen molar-refractivity contribution in [1.29, 1.82) is 0 Å². The lowest BCUT2D eigenvalue weighted by Crippen LogP contribution is -2.26. The molecule has 1 saturated heterocycles. The third-order valence-corrected chi connectivity index (χ3v) is 2.29. The van der Waals surface area contributed by atoms with Gasteiger partial charge in [0.15, 0.2) is 0 Å². The summed E-state index contributed by atoms with van der Waals surface area (Å²) in [5, 5.41) is 2.70. The second-order valence-corrected chi connectivity index (χ2v) is 3.62. The molecular weight excluding hydrogens is 166 g/mol. The Labute approximate surface area is 67.6 Å². The molecule has 0 radical (unpaired) electrons. The number of hydrogen-bond acceptors (Lipinski definition) is 3. The van der Waals surface area contributed by atoms with Crippen molar-refractivity contribution in [2.24, 2.45) is 0 Å². The average Bonchev–Trinajstić information content (AvgIpc) is 2.31. The van der Waals surface area contributed by atoms with Crippen LogP contribution in [0.15, 0.2) is 0 Å². The van der Waals surface area contributed by atoms with Crippen molar-refractivity contribution in [2.75, 3.05) is 5.75 Å². The average molecular weight is 176 g/mol. The Bertz CT molecular complexity index is 183. The molecule has 0 saturated carbocycles. The maximum Gasteiger partial charge on any atom is 0.220 e. The summed E-state index contributed by atoms with van der Waals surface area (Å²) in [5.41, 5.74) is 0. The second-order valence-electron chi connectivity index (χ2n) is 2.60. The Balaban J connectivity index is 2.18. The van der Waals surface area contributed by atoms with Crippen molar-refractivity contribution in [3.63, 3.8) is 0 Å². The fraction of sp³-hybridized carbons (Fsp3) is 0.833. The molecule has 1 N–H and O–H groups in total. The van der Waals surface area contributed by atoms with E-state index in [1.807, 2.05) is 0 Å². The van der Waals surface area contributed by atoms with Crippen LogP contribution in [-0.4, -0.2) is 26.5 Å². The minimum absolute atomic E-state index is 0.0340. The highest BCUT2D eigenvalue weighted by Crippen LogP contribution is 2.09. The van der Waals surface area contributed by atoms with Crippen molar-refractivity contribution >= 4 is 17.0 Å². The molecule has 1 aliphatic rings. The summed E-state index contributed by atoms with van der Waals surface area (Å²) in [5.74, 6) is 0.178. The molecule has 1 aliphatic heterocycles. The first-order chi connectivity index (χ1) is 5.18. The van der Waals surface area contributed by atoms with Gasteiger partial charge in [-0.2, -0.15) is 0 Å². The van der Waals surface area contributed by atoms with E-state index in [9.17, 15) is 13.6 Å². The Morgan fingerprint density at radius 3 is 2.91 bits per heavy atom. The van der Waals surface area contributed by atoms with Gasteiger partial charge in [0.1, 0.15) is 0 Å². The van der Waals surface area contributed by atoms with Gasteiger partial charge in [-0.1, -0.05) is 11.1 Å². The van der Waals surface area contributed by atoms with E-state index >= 15 is 0 Å². The van der Waals surface area contributed by atoms with E-state index in [-0.39, 0.29) is 17.7 Å². The smallest absolute Gasteiger partial charge is 0.220 e. The highest BCUT2D eigenvalue weighted by atomic mass is 32.2. The molecule has 0 bridgehead atoms. The molecule has 1 fully saturated rings. The molecule has 0 aromatic rings. The van der Waals surface area contributed by atoms with Crippen LogP contribution in [0.4, 0.5) is 0 Å². The summed E-state index contributed by atoms with van der Waals surface area (Å²) in [6, 6.07) is 0.0837. The third-order valence-electron chi connectivity index (χ3n) is 1.72. The Morgan fingerprint density at radius 2 is 2.45 bits per heavy atom. The predicted molar refractivity (Wildman–Crippen MR) is 39.6 cm³/mol. The molecular formula is C6H10NO3S-. The number of amides is 1. The van der Waals surface area contributed by atoms with Gasteiger partial charge < -0.3 is 9.87 Å². The fourth-order valence-corrected chi connectivity index (χ4v) is 1.61. The number of carbonyl (C=O) groups is 1. The molecule has 11 heavy (non-hydrogen) atoms. The summed E-state index contributed by atoms with van der Waals surface area (Å²) >= 11 is -1.97. The second kappa shape index (κ2) is 3.82. The van der Waals surface area contributed by atoms with E-state index in [2.05, 4.69) is 5.32 Å². The predicted octanol–water partition coefficient (Wildman–Crippen LogP) is -0.466. The SMILES string of the molecule is O=C1CCC(CCS(=O)[O-])N1. The van der Waals surface area contributed by atoms with Crippen molar-refractivity contribution in [2.45, 2.75) is 25.3 Å². The van der Waals surface area contributed by atoms with Gasteiger partial charge in [-0.05, 0) is 12.8 Å². The summed E-state index contributed by atoms with van der Waals surface area (Å²) in [4.78, 5) is 10.6. The molecule has 1 amide bonds. The largest absolute Gasteiger partial charge is 0.772 e. The molecule has 5 heteroatoms. The summed E-state index contributed by atoms with van der Waals surface area (Å²) < 4.78 is 20.2. The van der Waals surface area contributed by atoms with Gasteiger partial charge in [0.25, 0.3) is 0 Å². The van der Waals surface area contributed by atoms with E-state index in [4.69, 9.17) is 0 Å². The third kappa shape index (κ3) is 2.98. The van der Waals surface area contributed by atoms with Crippen LogP contribution in [0.1, 0.15) is 19.3 Å². The van der Waals surface area contributed by atoms with Crippen molar-refractivity contribution in [3.8, 4) is 0 Å². The fourth-order valence-electron chi connectivity index (χ4n) is 1.13. The van der Waals surface area contributed by atoms with E-state index in [1.54, 1.807) is 0 Å². The summed E-state index contributed by atoms with van der Waals surface area (Å²) in [6.07, 6.45) is 1.86. The van der Waals surface area contributed by atoms with Crippen molar-refractivity contribution in [3.05, 3.63) is 0 Å². The van der Waals surface area contributed by atoms with Crippen LogP contribution in [0.2, 0.25) is 0 Å². The number of nitrogens with one attached hydrogen (secondary N) is 1. The zero-order valence-electron chi connectivity index (χ0n) is 6.04. The normalized spacial score (nSPS) is 26.6. The molecule has 4 nitrogen and oxygen atoms in total. The molecule has 0 aromatic carbocycles. The van der Waals surface area contributed by atoms with Crippen LogP contribution >= 0.6 is 0 Å². The van der Waals surface area contributed by atoms with Gasteiger partial charge in [0.2, 0.25) is 5.91 Å². The molecule has 0 aliphatic carbocycles. The summed E-state index contributed by atoms with van der Waals surface area (Å²) in [6.45, 7) is 0. The van der Waals surface area contributed by atoms with Crippen molar-refractivity contribution < 1.29 is 13.6 Å². The zero-order valence-corrected chi connectivity index (χ0v) is 6.86. The zero-order chi connectivity index (χ0) is 8.27. The molecule has 1 rings (SSSR count). The molecule has 2 unspecified atom stereocenters. The lowest BCUT2D eigenvalue weighted by Gasteiger charge is -2.10. The molecule has 2 atom stereocenters. The number of rotatable bonds is 3. The minimum atomic E-state index is -1.97. The van der Waals surface area contributed by atoms with Crippen LogP contribution in [0.25, 0.3) is 0 Å². The first-order valence-electron chi connectivity index (χ1n) is 3.53. The van der Waals surface area contributed by atoms with Gasteiger partial charge in [0, 0.05) is 18.2 Å². The minimum Gasteiger partial charge on any atom is -0.772 e. The van der Waals surface area contributed by atoms with E-state index in [0.29, 0.717) is 12.8 Å². The highest BCUT2D eigenvalue weighted by molar-refractivity contribution is 7.79. The van der Waals surface area contributed by atoms with Crippen LogP contribution in [0.3, 0.4) is 0 Å². The molecule has 1 heterocycles. The van der Waals surface area contributed by atoms with E-state index < -0.39 is 11.1 Å². The Kier molecular flexibility index (Phi) is 3.02. The number of carbonyl (C=O) groups excluding carboxylic acids is 1. The molecule has 64 valence electrons. The van der Waals surface area contributed by atoms with Crippen LogP contribution < -0.4 is 5.32 Å². The van der Waals surface area contributed by atoms with Gasteiger partial charge in [-0.3, -0.25) is 9.00 Å². The molecule has 0 spiro atoms. The quantitative estimate of drug-likeness (QED) is 0.591. The first kappa shape index (κ1) is 8.67. The Morgan fingerprint density at radius 1 is 1.73 bits per heavy atom. The Hall–Kier alpha value is -0.420. The standard InChI is InChI=1S/C6H11NO3S/c8-6-2-1-5(7-6)3-4-11(9)10/h5H,1-4H2,(H,7,8)(H,9,10)/p-1. The topological polar surface area (TPSA) is 69.2 Å². The van der Waals surface area contributed by atoms with E-state index in [1.165, 1.54) is 0 Å². The van der Waals surface area contributed by atoms with Gasteiger partial charge in [0.05, 0.1) is 0 Å². The van der Waals surface area contributed by atoms with Gasteiger partial charge in [-0.15, -0.1) is 0 Å².